The van der Waals surface area contributed by atoms with Crippen molar-refractivity contribution in [3.63, 3.8) is 0 Å². The Morgan fingerprint density at radius 1 is 1.64 bits per heavy atom. The second-order valence-corrected chi connectivity index (χ2v) is 1.95. The number of rotatable bonds is 2. The van der Waals surface area contributed by atoms with Crippen molar-refractivity contribution >= 4 is 6.08 Å². The van der Waals surface area contributed by atoms with Crippen LogP contribution >= 0.6 is 0 Å². The van der Waals surface area contributed by atoms with Gasteiger partial charge in [-0.1, -0.05) is 12.7 Å². The third kappa shape index (κ3) is 1.37. The Morgan fingerprint density at radius 2 is 2.36 bits per heavy atom. The van der Waals surface area contributed by atoms with Crippen LogP contribution in [0.25, 0.3) is 6.08 Å². The molecule has 1 aromatic heterocycles. The molecule has 0 fully saturated rings. The fraction of sp³-hybridized carbons (Fsp3) is 0.125. The van der Waals surface area contributed by atoms with Crippen LogP contribution in [0.1, 0.15) is 5.56 Å². The van der Waals surface area contributed by atoms with E-state index >= 15 is 0 Å². The first-order chi connectivity index (χ1) is 5.29. The highest BCUT2D eigenvalue weighted by Crippen LogP contribution is 2.21. The van der Waals surface area contributed by atoms with Gasteiger partial charge >= 0.3 is 0 Å². The molecule has 2 nitrogen and oxygen atoms in total. The molecule has 0 N–H and O–H groups in total. The van der Waals surface area contributed by atoms with Gasteiger partial charge in [0.1, 0.15) is 0 Å². The number of pyridine rings is 1. The van der Waals surface area contributed by atoms with Crippen LogP contribution in [0.5, 0.6) is 5.75 Å². The highest BCUT2D eigenvalue weighted by molar-refractivity contribution is 5.54. The number of nitrogens with zero attached hydrogens (tertiary/aromatic N) is 1. The number of aromatic nitrogens is 1. The summed E-state index contributed by atoms with van der Waals surface area (Å²) in [6.45, 7) is 3.49. The topological polar surface area (TPSA) is 22.1 Å². The summed E-state index contributed by atoms with van der Waals surface area (Å²) in [5.41, 5.74) is 0.563. The van der Waals surface area contributed by atoms with Gasteiger partial charge in [0, 0.05) is 11.8 Å². The largest absolute Gasteiger partial charge is 0.493 e. The third-order valence-corrected chi connectivity index (χ3v) is 1.30. The summed E-state index contributed by atoms with van der Waals surface area (Å²) in [5.74, 6) is -0.278. The van der Waals surface area contributed by atoms with E-state index in [4.69, 9.17) is 4.74 Å². The third-order valence-electron chi connectivity index (χ3n) is 1.30. The molecule has 1 heterocycles. The molecule has 0 aromatic carbocycles. The molecule has 0 atom stereocenters. The van der Waals surface area contributed by atoms with Gasteiger partial charge in [0.05, 0.1) is 13.3 Å². The van der Waals surface area contributed by atoms with Crippen molar-refractivity contribution in [2.24, 2.45) is 0 Å². The van der Waals surface area contributed by atoms with Crippen LogP contribution in [0.2, 0.25) is 0 Å². The minimum Gasteiger partial charge on any atom is -0.493 e. The van der Waals surface area contributed by atoms with E-state index < -0.39 is 5.82 Å². The van der Waals surface area contributed by atoms with Crippen molar-refractivity contribution in [3.05, 3.63) is 30.4 Å². The number of hydrogen-bond acceptors (Lipinski definition) is 2. The smallest absolute Gasteiger partial charge is 0.183 e. The maximum absolute atomic E-state index is 12.8. The fourth-order valence-electron chi connectivity index (χ4n) is 0.799. The molecule has 0 bridgehead atoms. The summed E-state index contributed by atoms with van der Waals surface area (Å²) in [5, 5.41) is 0. The number of halogens is 1. The fourth-order valence-corrected chi connectivity index (χ4v) is 0.799. The maximum Gasteiger partial charge on any atom is 0.183 e. The van der Waals surface area contributed by atoms with Gasteiger partial charge < -0.3 is 4.74 Å². The Morgan fingerprint density at radius 3 is 2.82 bits per heavy atom. The maximum atomic E-state index is 12.8. The van der Waals surface area contributed by atoms with Gasteiger partial charge in [0.15, 0.2) is 11.6 Å². The molecule has 0 radical (unpaired) electrons. The zero-order valence-corrected chi connectivity index (χ0v) is 6.17. The van der Waals surface area contributed by atoms with Crippen molar-refractivity contribution < 1.29 is 9.13 Å². The Labute approximate surface area is 64.3 Å². The van der Waals surface area contributed by atoms with Crippen molar-refractivity contribution in [3.8, 4) is 5.75 Å². The summed E-state index contributed by atoms with van der Waals surface area (Å²) >= 11 is 0. The molecular formula is C8H8FNO. The van der Waals surface area contributed by atoms with Crippen molar-refractivity contribution in [2.75, 3.05) is 7.11 Å². The van der Waals surface area contributed by atoms with Gasteiger partial charge in [0.2, 0.25) is 0 Å². The molecular weight excluding hydrogens is 145 g/mol. The van der Waals surface area contributed by atoms with E-state index in [2.05, 4.69) is 11.6 Å². The van der Waals surface area contributed by atoms with E-state index in [1.165, 1.54) is 19.4 Å². The molecule has 11 heavy (non-hydrogen) atoms. The average Bonchev–Trinajstić information content (AvgIpc) is 2.04. The Bertz CT molecular complexity index is 273. The molecule has 0 aliphatic rings. The zero-order valence-electron chi connectivity index (χ0n) is 6.17. The van der Waals surface area contributed by atoms with E-state index in [-0.39, 0.29) is 5.75 Å². The summed E-state index contributed by atoms with van der Waals surface area (Å²) in [7, 11) is 1.41. The predicted molar refractivity (Wildman–Crippen MR) is 40.8 cm³/mol. The van der Waals surface area contributed by atoms with Gasteiger partial charge in [-0.25, -0.2) is 4.39 Å². The first-order valence-corrected chi connectivity index (χ1v) is 3.09. The summed E-state index contributed by atoms with van der Waals surface area (Å²) in [6, 6.07) is 0. The van der Waals surface area contributed by atoms with Crippen LogP contribution in [-0.2, 0) is 0 Å². The van der Waals surface area contributed by atoms with Gasteiger partial charge in [-0.3, -0.25) is 4.98 Å². The molecule has 0 saturated heterocycles. The molecule has 0 spiro atoms. The molecule has 0 unspecified atom stereocenters. The molecule has 3 heteroatoms. The van der Waals surface area contributed by atoms with E-state index in [1.807, 2.05) is 0 Å². The lowest BCUT2D eigenvalue weighted by Crippen LogP contribution is -1.92. The predicted octanol–water partition coefficient (Wildman–Crippen LogP) is 1.87. The number of methoxy groups -OCH3 is 1. The second-order valence-electron chi connectivity index (χ2n) is 1.95. The first kappa shape index (κ1) is 7.72. The Kier molecular flexibility index (Phi) is 2.21. The highest BCUT2D eigenvalue weighted by Gasteiger charge is 2.05. The van der Waals surface area contributed by atoms with E-state index in [9.17, 15) is 4.39 Å². The molecule has 1 rings (SSSR count). The zero-order chi connectivity index (χ0) is 8.27. The van der Waals surface area contributed by atoms with Crippen LogP contribution in [0, 0.1) is 5.82 Å². The van der Waals surface area contributed by atoms with Gasteiger partial charge in [-0.15, -0.1) is 0 Å². The Hall–Kier alpha value is -1.38. The van der Waals surface area contributed by atoms with Crippen LogP contribution in [-0.4, -0.2) is 12.1 Å². The standard InChI is InChI=1S/C8H8FNO/c1-3-6-4-10-5-7(9)8(6)11-2/h3-5H,1H2,2H3. The van der Waals surface area contributed by atoms with Crippen LogP contribution in [0.15, 0.2) is 19.0 Å². The number of ether oxygens (including phenoxy) is 1. The Balaban J connectivity index is 3.23. The lowest BCUT2D eigenvalue weighted by atomic mass is 10.2. The van der Waals surface area contributed by atoms with Crippen molar-refractivity contribution in [1.29, 1.82) is 0 Å². The molecule has 58 valence electrons. The minimum atomic E-state index is -0.468. The lowest BCUT2D eigenvalue weighted by molar-refractivity contribution is 0.384. The summed E-state index contributed by atoms with van der Waals surface area (Å²) < 4.78 is 17.6. The summed E-state index contributed by atoms with van der Waals surface area (Å²) in [6.07, 6.45) is 4.09. The molecule has 1 aromatic rings. The highest BCUT2D eigenvalue weighted by atomic mass is 19.1. The quantitative estimate of drug-likeness (QED) is 0.647. The second kappa shape index (κ2) is 3.14. The van der Waals surface area contributed by atoms with E-state index in [0.717, 1.165) is 6.20 Å². The van der Waals surface area contributed by atoms with Crippen LogP contribution in [0.4, 0.5) is 4.39 Å². The van der Waals surface area contributed by atoms with Crippen molar-refractivity contribution in [2.45, 2.75) is 0 Å². The SMILES string of the molecule is C=Cc1cncc(F)c1OC. The monoisotopic (exact) mass is 153 g/mol. The molecule has 0 aliphatic heterocycles. The minimum absolute atomic E-state index is 0.190. The van der Waals surface area contributed by atoms with E-state index in [1.54, 1.807) is 0 Å². The molecule has 0 amide bonds. The number of hydrogen-bond donors (Lipinski definition) is 0. The van der Waals surface area contributed by atoms with Gasteiger partial charge in [-0.05, 0) is 0 Å². The van der Waals surface area contributed by atoms with Crippen LogP contribution in [0.3, 0.4) is 0 Å². The van der Waals surface area contributed by atoms with Gasteiger partial charge in [-0.2, -0.15) is 0 Å². The average molecular weight is 153 g/mol. The normalized spacial score (nSPS) is 9.27. The molecule has 0 saturated carbocycles. The van der Waals surface area contributed by atoms with E-state index in [0.29, 0.717) is 5.56 Å². The van der Waals surface area contributed by atoms with Crippen molar-refractivity contribution in [1.82, 2.24) is 4.98 Å². The van der Waals surface area contributed by atoms with Gasteiger partial charge in [0.25, 0.3) is 0 Å². The van der Waals surface area contributed by atoms with Crippen LogP contribution < -0.4 is 4.74 Å². The lowest BCUT2D eigenvalue weighted by Gasteiger charge is -2.03. The molecule has 0 aliphatic carbocycles. The first-order valence-electron chi connectivity index (χ1n) is 3.09. The summed E-state index contributed by atoms with van der Waals surface area (Å²) in [4.78, 5) is 3.64.